The number of nitrogens with zero attached hydrogens (tertiary/aromatic N) is 2. The predicted molar refractivity (Wildman–Crippen MR) is 124 cm³/mol. The highest BCUT2D eigenvalue weighted by Gasteiger charge is 2.35. The van der Waals surface area contributed by atoms with Gasteiger partial charge in [-0.05, 0) is 43.2 Å². The average Bonchev–Trinajstić information content (AvgIpc) is 2.74. The van der Waals surface area contributed by atoms with Crippen LogP contribution in [0, 0.1) is 6.92 Å². The SMILES string of the molecule is CNC(=O)[C@@H](C)N(Cc1ccccc1C)C(=O)CN(c1ccc(Cl)c(C(F)(F)F)c1)S(C)(=O)=O. The number of anilines is 1. The monoisotopic (exact) mass is 519 g/mol. The lowest BCUT2D eigenvalue weighted by Gasteiger charge is -2.31. The number of carbonyl (C=O) groups excluding carboxylic acids is 2. The molecular formula is C22H25ClF3N3O4S. The second-order valence-electron chi connectivity index (χ2n) is 7.67. The Bertz CT molecular complexity index is 1170. The van der Waals surface area contributed by atoms with Crippen molar-refractivity contribution in [2.75, 3.05) is 24.2 Å². The normalized spacial score (nSPS) is 12.7. The molecule has 186 valence electrons. The fraction of sp³-hybridized carbons (Fsp3) is 0.364. The zero-order valence-corrected chi connectivity index (χ0v) is 20.6. The van der Waals surface area contributed by atoms with E-state index in [0.29, 0.717) is 10.4 Å². The molecule has 7 nitrogen and oxygen atoms in total. The molecule has 0 aromatic heterocycles. The van der Waals surface area contributed by atoms with Crippen LogP contribution in [0.15, 0.2) is 42.5 Å². The molecular weight excluding hydrogens is 495 g/mol. The second kappa shape index (κ2) is 10.6. The third-order valence-corrected chi connectivity index (χ3v) is 6.71. The summed E-state index contributed by atoms with van der Waals surface area (Å²) in [6.07, 6.45) is -4.05. The van der Waals surface area contributed by atoms with Crippen LogP contribution in [0.1, 0.15) is 23.6 Å². The molecule has 12 heteroatoms. The van der Waals surface area contributed by atoms with Crippen molar-refractivity contribution >= 4 is 39.1 Å². The van der Waals surface area contributed by atoms with Crippen molar-refractivity contribution < 1.29 is 31.2 Å². The molecule has 0 aliphatic carbocycles. The van der Waals surface area contributed by atoms with Crippen molar-refractivity contribution in [3.8, 4) is 0 Å². The van der Waals surface area contributed by atoms with E-state index < -0.39 is 51.2 Å². The molecule has 34 heavy (non-hydrogen) atoms. The van der Waals surface area contributed by atoms with Crippen LogP contribution < -0.4 is 9.62 Å². The van der Waals surface area contributed by atoms with E-state index in [4.69, 9.17) is 11.6 Å². The molecule has 1 atom stereocenters. The fourth-order valence-electron chi connectivity index (χ4n) is 3.26. The first-order valence-electron chi connectivity index (χ1n) is 10.1. The van der Waals surface area contributed by atoms with Gasteiger partial charge in [0.05, 0.1) is 22.5 Å². The highest BCUT2D eigenvalue weighted by Crippen LogP contribution is 2.37. The van der Waals surface area contributed by atoms with E-state index in [1.54, 1.807) is 18.2 Å². The molecule has 2 amide bonds. The first-order valence-corrected chi connectivity index (χ1v) is 12.3. The molecule has 0 spiro atoms. The van der Waals surface area contributed by atoms with Crippen LogP contribution in [-0.4, -0.2) is 51.0 Å². The minimum absolute atomic E-state index is 0.00782. The molecule has 0 fully saturated rings. The van der Waals surface area contributed by atoms with E-state index in [2.05, 4.69) is 5.32 Å². The molecule has 0 radical (unpaired) electrons. The Kier molecular flexibility index (Phi) is 8.59. The van der Waals surface area contributed by atoms with Gasteiger partial charge in [-0.2, -0.15) is 13.2 Å². The Morgan fingerprint density at radius 3 is 2.29 bits per heavy atom. The van der Waals surface area contributed by atoms with Gasteiger partial charge in [0, 0.05) is 13.6 Å². The molecule has 0 saturated carbocycles. The van der Waals surface area contributed by atoms with E-state index in [1.165, 1.54) is 18.9 Å². The van der Waals surface area contributed by atoms with Crippen LogP contribution in [0.3, 0.4) is 0 Å². The smallest absolute Gasteiger partial charge is 0.357 e. The summed E-state index contributed by atoms with van der Waals surface area (Å²) < 4.78 is 65.5. The Morgan fingerprint density at radius 2 is 1.76 bits per heavy atom. The van der Waals surface area contributed by atoms with Crippen LogP contribution in [0.2, 0.25) is 5.02 Å². The van der Waals surface area contributed by atoms with Crippen LogP contribution in [0.4, 0.5) is 18.9 Å². The molecule has 0 heterocycles. The van der Waals surface area contributed by atoms with Crippen molar-refractivity contribution in [2.45, 2.75) is 32.6 Å². The van der Waals surface area contributed by atoms with Gasteiger partial charge >= 0.3 is 6.18 Å². The van der Waals surface area contributed by atoms with Gasteiger partial charge in [-0.15, -0.1) is 0 Å². The van der Waals surface area contributed by atoms with Crippen LogP contribution >= 0.6 is 11.6 Å². The summed E-state index contributed by atoms with van der Waals surface area (Å²) in [5, 5.41) is 1.84. The number of rotatable bonds is 8. The maximum Gasteiger partial charge on any atom is 0.417 e. The summed E-state index contributed by atoms with van der Waals surface area (Å²) in [6, 6.07) is 8.73. The third-order valence-electron chi connectivity index (χ3n) is 5.24. The lowest BCUT2D eigenvalue weighted by Crippen LogP contribution is -2.50. The topological polar surface area (TPSA) is 86.8 Å². The minimum atomic E-state index is -4.83. The molecule has 0 unspecified atom stereocenters. The second-order valence-corrected chi connectivity index (χ2v) is 9.98. The number of aryl methyl sites for hydroxylation is 1. The van der Waals surface area contributed by atoms with Crippen LogP contribution in [-0.2, 0) is 32.3 Å². The van der Waals surface area contributed by atoms with E-state index in [-0.39, 0.29) is 12.2 Å². The number of alkyl halides is 3. The fourth-order valence-corrected chi connectivity index (χ4v) is 4.33. The van der Waals surface area contributed by atoms with Crippen molar-refractivity contribution in [3.05, 3.63) is 64.2 Å². The third kappa shape index (κ3) is 6.63. The van der Waals surface area contributed by atoms with E-state index in [9.17, 15) is 31.2 Å². The summed E-state index contributed by atoms with van der Waals surface area (Å²) in [6.45, 7) is 2.47. The Labute approximate surface area is 201 Å². The predicted octanol–water partition coefficient (Wildman–Crippen LogP) is 3.60. The van der Waals surface area contributed by atoms with Gasteiger partial charge in [0.25, 0.3) is 0 Å². The first kappa shape index (κ1) is 27.5. The highest BCUT2D eigenvalue weighted by atomic mass is 35.5. The number of carbonyl (C=O) groups is 2. The van der Waals surface area contributed by atoms with Crippen molar-refractivity contribution in [2.24, 2.45) is 0 Å². The van der Waals surface area contributed by atoms with Gasteiger partial charge in [0.1, 0.15) is 12.6 Å². The maximum atomic E-state index is 13.3. The largest absolute Gasteiger partial charge is 0.417 e. The number of hydrogen-bond donors (Lipinski definition) is 1. The van der Waals surface area contributed by atoms with Gasteiger partial charge in [-0.1, -0.05) is 35.9 Å². The summed E-state index contributed by atoms with van der Waals surface area (Å²) in [5.41, 5.74) is -0.0421. The number of halogens is 4. The highest BCUT2D eigenvalue weighted by molar-refractivity contribution is 7.92. The Balaban J connectivity index is 2.49. The van der Waals surface area contributed by atoms with E-state index >= 15 is 0 Å². The zero-order chi connectivity index (χ0) is 25.8. The number of amides is 2. The van der Waals surface area contributed by atoms with Gasteiger partial charge in [0.2, 0.25) is 21.8 Å². The molecule has 0 bridgehead atoms. The van der Waals surface area contributed by atoms with E-state index in [0.717, 1.165) is 29.5 Å². The number of likely N-dealkylation sites (N-methyl/N-ethyl adjacent to an activating group) is 1. The van der Waals surface area contributed by atoms with Crippen molar-refractivity contribution in [1.29, 1.82) is 0 Å². The zero-order valence-electron chi connectivity index (χ0n) is 19.0. The molecule has 0 aliphatic heterocycles. The summed E-state index contributed by atoms with van der Waals surface area (Å²) in [5.74, 6) is -1.26. The average molecular weight is 520 g/mol. The van der Waals surface area contributed by atoms with Crippen LogP contribution in [0.5, 0.6) is 0 Å². The summed E-state index contributed by atoms with van der Waals surface area (Å²) in [4.78, 5) is 26.8. The Morgan fingerprint density at radius 1 is 1.15 bits per heavy atom. The quantitative estimate of drug-likeness (QED) is 0.577. The van der Waals surface area contributed by atoms with Gasteiger partial charge in [-0.25, -0.2) is 8.42 Å². The van der Waals surface area contributed by atoms with Crippen molar-refractivity contribution in [1.82, 2.24) is 10.2 Å². The van der Waals surface area contributed by atoms with Crippen LogP contribution in [0.25, 0.3) is 0 Å². The van der Waals surface area contributed by atoms with Gasteiger partial charge in [0.15, 0.2) is 0 Å². The maximum absolute atomic E-state index is 13.3. The van der Waals surface area contributed by atoms with E-state index in [1.807, 2.05) is 13.0 Å². The number of benzene rings is 2. The number of hydrogen-bond acceptors (Lipinski definition) is 4. The van der Waals surface area contributed by atoms with Gasteiger partial charge in [-0.3, -0.25) is 13.9 Å². The molecule has 1 N–H and O–H groups in total. The lowest BCUT2D eigenvalue weighted by atomic mass is 10.1. The molecule has 0 aliphatic rings. The number of nitrogens with one attached hydrogen (secondary N) is 1. The molecule has 2 aromatic rings. The van der Waals surface area contributed by atoms with Gasteiger partial charge < -0.3 is 10.2 Å². The standard InChI is InChI=1S/C22H25ClF3N3O4S/c1-14-7-5-6-8-16(14)12-28(15(2)21(31)27-3)20(30)13-29(34(4,32)33)17-9-10-19(23)18(11-17)22(24,25)26/h5-11,15H,12-13H2,1-4H3,(H,27,31)/t15-/m1/s1. The summed E-state index contributed by atoms with van der Waals surface area (Å²) in [7, 11) is -2.79. The first-order chi connectivity index (χ1) is 15.7. The lowest BCUT2D eigenvalue weighted by molar-refractivity contribution is -0.139. The molecule has 0 saturated heterocycles. The summed E-state index contributed by atoms with van der Waals surface area (Å²) >= 11 is 5.65. The van der Waals surface area contributed by atoms with Crippen molar-refractivity contribution in [3.63, 3.8) is 0 Å². The molecule has 2 rings (SSSR count). The number of sulfonamides is 1. The Hall–Kier alpha value is -2.79. The molecule has 2 aromatic carbocycles. The minimum Gasteiger partial charge on any atom is -0.357 e.